The average Bonchev–Trinajstić information content (AvgIpc) is 3.19. The topological polar surface area (TPSA) is 77.7 Å². The van der Waals surface area contributed by atoms with Gasteiger partial charge in [-0.2, -0.15) is 0 Å². The zero-order chi connectivity index (χ0) is 21.0. The van der Waals surface area contributed by atoms with Gasteiger partial charge in [-0.1, -0.05) is 47.7 Å². The van der Waals surface area contributed by atoms with Crippen LogP contribution in [0.3, 0.4) is 0 Å². The number of nitrogens with zero attached hydrogens (tertiary/aromatic N) is 4. The lowest BCUT2D eigenvalue weighted by Crippen LogP contribution is -2.09. The highest BCUT2D eigenvalue weighted by atomic mass is 32.2. The molecule has 0 unspecified atom stereocenters. The van der Waals surface area contributed by atoms with Gasteiger partial charge in [-0.15, -0.1) is 10.2 Å². The predicted octanol–water partition coefficient (Wildman–Crippen LogP) is 4.20. The highest BCUT2D eigenvalue weighted by Gasteiger charge is 2.18. The molecule has 6 nitrogen and oxygen atoms in total. The van der Waals surface area contributed by atoms with E-state index in [-0.39, 0.29) is 5.75 Å². The molecule has 0 aliphatic heterocycles. The quantitative estimate of drug-likeness (QED) is 0.404. The molecule has 0 atom stereocenters. The zero-order valence-electron chi connectivity index (χ0n) is 16.3. The third kappa shape index (κ3) is 4.44. The summed E-state index contributed by atoms with van der Waals surface area (Å²) in [6, 6.07) is 20.3. The van der Waals surface area contributed by atoms with Crippen molar-refractivity contribution in [2.24, 2.45) is 0 Å². The molecule has 0 amide bonds. The predicted molar refractivity (Wildman–Crippen MR) is 119 cm³/mol. The molecule has 2 heterocycles. The smallest absolute Gasteiger partial charge is 0.196 e. The Morgan fingerprint density at radius 1 is 0.900 bits per heavy atom. The van der Waals surface area contributed by atoms with Crippen molar-refractivity contribution in [1.29, 1.82) is 0 Å². The summed E-state index contributed by atoms with van der Waals surface area (Å²) in [5.74, 6) is 1.08. The number of pyridine rings is 1. The summed E-state index contributed by atoms with van der Waals surface area (Å²) >= 11 is 1.38. The van der Waals surface area contributed by atoms with E-state index in [1.807, 2.05) is 47.9 Å². The highest BCUT2D eigenvalue weighted by molar-refractivity contribution is 8.00. The van der Waals surface area contributed by atoms with Gasteiger partial charge >= 0.3 is 0 Å². The van der Waals surface area contributed by atoms with E-state index in [1.54, 1.807) is 42.7 Å². The lowest BCUT2D eigenvalue weighted by molar-refractivity contribution is 0.597. The SMILES string of the molecule is Cc1ccc(-n2c(SCCS(=O)(=O)c3ccccc3)nnc2-c2ccncc2)cc1. The Kier molecular flexibility index (Phi) is 5.96. The molecule has 0 saturated heterocycles. The van der Waals surface area contributed by atoms with Crippen LogP contribution < -0.4 is 0 Å². The molecule has 152 valence electrons. The Labute approximate surface area is 179 Å². The van der Waals surface area contributed by atoms with Crippen LogP contribution in [-0.4, -0.2) is 39.7 Å². The molecule has 30 heavy (non-hydrogen) atoms. The van der Waals surface area contributed by atoms with Crippen LogP contribution in [0.5, 0.6) is 0 Å². The molecule has 2 aromatic carbocycles. The standard InChI is InChI=1S/C22H20N4O2S2/c1-17-7-9-19(10-8-17)26-21(18-11-13-23-14-12-18)24-25-22(26)29-15-16-30(27,28)20-5-3-2-4-6-20/h2-14H,15-16H2,1H3. The number of sulfone groups is 1. The lowest BCUT2D eigenvalue weighted by Gasteiger charge is -2.11. The molecule has 2 aromatic heterocycles. The Bertz CT molecular complexity index is 1220. The van der Waals surface area contributed by atoms with Crippen LogP contribution in [0, 0.1) is 6.92 Å². The van der Waals surface area contributed by atoms with Crippen LogP contribution in [-0.2, 0) is 9.84 Å². The van der Waals surface area contributed by atoms with Crippen molar-refractivity contribution in [3.05, 3.63) is 84.7 Å². The second kappa shape index (κ2) is 8.81. The largest absolute Gasteiger partial charge is 0.270 e. The first-order chi connectivity index (χ1) is 14.5. The number of benzene rings is 2. The van der Waals surface area contributed by atoms with Crippen molar-refractivity contribution in [1.82, 2.24) is 19.7 Å². The van der Waals surface area contributed by atoms with E-state index in [0.29, 0.717) is 21.6 Å². The van der Waals surface area contributed by atoms with Gasteiger partial charge in [-0.25, -0.2) is 8.42 Å². The summed E-state index contributed by atoms with van der Waals surface area (Å²) in [5.41, 5.74) is 2.97. The number of thioether (sulfide) groups is 1. The van der Waals surface area contributed by atoms with Gasteiger partial charge in [-0.05, 0) is 43.3 Å². The van der Waals surface area contributed by atoms with Crippen molar-refractivity contribution in [3.8, 4) is 17.1 Å². The minimum atomic E-state index is -3.35. The maximum Gasteiger partial charge on any atom is 0.196 e. The van der Waals surface area contributed by atoms with Gasteiger partial charge in [0, 0.05) is 29.4 Å². The van der Waals surface area contributed by atoms with E-state index in [9.17, 15) is 8.42 Å². The summed E-state index contributed by atoms with van der Waals surface area (Å²) in [6.45, 7) is 2.03. The lowest BCUT2D eigenvalue weighted by atomic mass is 10.2. The van der Waals surface area contributed by atoms with E-state index < -0.39 is 9.84 Å². The summed E-state index contributed by atoms with van der Waals surface area (Å²) < 4.78 is 27.1. The molecule has 4 aromatic rings. The first-order valence-corrected chi connectivity index (χ1v) is 12.0. The molecule has 4 rings (SSSR count). The zero-order valence-corrected chi connectivity index (χ0v) is 18.0. The van der Waals surface area contributed by atoms with Gasteiger partial charge in [-0.3, -0.25) is 9.55 Å². The third-order valence-electron chi connectivity index (χ3n) is 4.55. The fourth-order valence-electron chi connectivity index (χ4n) is 2.97. The first kappa shape index (κ1) is 20.3. The van der Waals surface area contributed by atoms with E-state index in [2.05, 4.69) is 15.2 Å². The maximum atomic E-state index is 12.6. The van der Waals surface area contributed by atoms with Crippen molar-refractivity contribution in [3.63, 3.8) is 0 Å². The molecule has 0 spiro atoms. The summed E-state index contributed by atoms with van der Waals surface area (Å²) in [6.07, 6.45) is 3.42. The van der Waals surface area contributed by atoms with Gasteiger partial charge in [0.05, 0.1) is 10.6 Å². The molecular formula is C22H20N4O2S2. The fourth-order valence-corrected chi connectivity index (χ4v) is 5.59. The Morgan fingerprint density at radius 3 is 2.30 bits per heavy atom. The van der Waals surface area contributed by atoms with Crippen LogP contribution in [0.1, 0.15) is 5.56 Å². The van der Waals surface area contributed by atoms with Gasteiger partial charge in [0.15, 0.2) is 20.8 Å². The van der Waals surface area contributed by atoms with Crippen molar-refractivity contribution >= 4 is 21.6 Å². The second-order valence-corrected chi connectivity index (χ2v) is 9.86. The number of hydrogen-bond donors (Lipinski definition) is 0. The molecular weight excluding hydrogens is 416 g/mol. The molecule has 0 saturated carbocycles. The molecule has 0 fully saturated rings. The minimum absolute atomic E-state index is 0.0209. The molecule has 8 heteroatoms. The molecule has 0 N–H and O–H groups in total. The van der Waals surface area contributed by atoms with Crippen molar-refractivity contribution in [2.75, 3.05) is 11.5 Å². The third-order valence-corrected chi connectivity index (χ3v) is 7.47. The van der Waals surface area contributed by atoms with E-state index in [1.165, 1.54) is 11.8 Å². The van der Waals surface area contributed by atoms with Crippen molar-refractivity contribution in [2.45, 2.75) is 17.0 Å². The van der Waals surface area contributed by atoms with E-state index in [0.717, 1.165) is 16.8 Å². The molecule has 0 bridgehead atoms. The maximum absolute atomic E-state index is 12.6. The van der Waals surface area contributed by atoms with E-state index >= 15 is 0 Å². The number of hydrogen-bond acceptors (Lipinski definition) is 6. The average molecular weight is 437 g/mol. The Hall–Kier alpha value is -2.97. The summed E-state index contributed by atoms with van der Waals surface area (Å²) in [5, 5.41) is 9.36. The monoisotopic (exact) mass is 436 g/mol. The molecule has 0 aliphatic rings. The van der Waals surface area contributed by atoms with Crippen molar-refractivity contribution < 1.29 is 8.42 Å². The first-order valence-electron chi connectivity index (χ1n) is 9.38. The summed E-state index contributed by atoms with van der Waals surface area (Å²) in [4.78, 5) is 4.40. The normalized spacial score (nSPS) is 11.5. The van der Waals surface area contributed by atoms with Gasteiger partial charge in [0.2, 0.25) is 0 Å². The Balaban J connectivity index is 1.62. The van der Waals surface area contributed by atoms with Crippen LogP contribution in [0.15, 0.2) is 89.2 Å². The minimum Gasteiger partial charge on any atom is -0.270 e. The summed E-state index contributed by atoms with van der Waals surface area (Å²) in [7, 11) is -3.35. The number of aryl methyl sites for hydroxylation is 1. The second-order valence-electron chi connectivity index (χ2n) is 6.69. The highest BCUT2D eigenvalue weighted by Crippen LogP contribution is 2.28. The van der Waals surface area contributed by atoms with Gasteiger partial charge < -0.3 is 0 Å². The van der Waals surface area contributed by atoms with Gasteiger partial charge in [0.25, 0.3) is 0 Å². The van der Waals surface area contributed by atoms with Gasteiger partial charge in [0.1, 0.15) is 0 Å². The van der Waals surface area contributed by atoms with Crippen LogP contribution in [0.2, 0.25) is 0 Å². The van der Waals surface area contributed by atoms with Crippen LogP contribution >= 0.6 is 11.8 Å². The fraction of sp³-hybridized carbons (Fsp3) is 0.136. The molecule has 0 radical (unpaired) electrons. The van der Waals surface area contributed by atoms with E-state index in [4.69, 9.17) is 0 Å². The number of rotatable bonds is 7. The van der Waals surface area contributed by atoms with Crippen LogP contribution in [0.4, 0.5) is 0 Å². The van der Waals surface area contributed by atoms with Crippen LogP contribution in [0.25, 0.3) is 17.1 Å². The molecule has 0 aliphatic carbocycles. The number of aromatic nitrogens is 4. The Morgan fingerprint density at radius 2 is 1.60 bits per heavy atom.